The second-order valence-electron chi connectivity index (χ2n) is 10.3. The summed E-state index contributed by atoms with van der Waals surface area (Å²) in [5.74, 6) is -1.25. The molecule has 0 aliphatic carbocycles. The maximum Gasteiger partial charge on any atom is 0.417 e. The van der Waals surface area contributed by atoms with E-state index in [-0.39, 0.29) is 11.3 Å². The molecule has 1 aromatic rings. The summed E-state index contributed by atoms with van der Waals surface area (Å²) < 4.78 is 67.2. The Hall–Kier alpha value is -2.79. The zero-order valence-corrected chi connectivity index (χ0v) is 23.9. The number of halogens is 3. The summed E-state index contributed by atoms with van der Waals surface area (Å²) in [5, 5.41) is 8.99. The molecule has 3 rings (SSSR count). The highest BCUT2D eigenvalue weighted by Gasteiger charge is 2.39. The standard InChI is InChI=1S/C27H36F3N5O4S/c1-20-23(26(37)35(25(20)36)22-12-11-21(19-31)24(18-22)27(28,29)30)10-8-6-4-5-7-9-13-33-14-16-34(17-15-33)40(38,39)32(2)3/h11-12,18H,4-10,13-17H2,1-3H3. The Morgan fingerprint density at radius 2 is 1.55 bits per heavy atom. The number of carbonyl (C=O) groups excluding carboxylic acids is 2. The Bertz CT molecular complexity index is 1280. The van der Waals surface area contributed by atoms with Gasteiger partial charge in [-0.25, -0.2) is 4.90 Å². The third kappa shape index (κ3) is 7.28. The van der Waals surface area contributed by atoms with Crippen LogP contribution in [0.3, 0.4) is 0 Å². The van der Waals surface area contributed by atoms with Crippen molar-refractivity contribution in [2.24, 2.45) is 0 Å². The van der Waals surface area contributed by atoms with E-state index >= 15 is 0 Å². The fourth-order valence-corrected chi connectivity index (χ4v) is 6.06. The second-order valence-corrected chi connectivity index (χ2v) is 12.4. The van der Waals surface area contributed by atoms with Crippen LogP contribution in [-0.2, 0) is 26.0 Å². The van der Waals surface area contributed by atoms with Crippen LogP contribution in [0, 0.1) is 11.3 Å². The first-order chi connectivity index (χ1) is 18.8. The molecule has 2 aliphatic heterocycles. The van der Waals surface area contributed by atoms with Gasteiger partial charge in [0.1, 0.15) is 0 Å². The minimum atomic E-state index is -4.79. The highest BCUT2D eigenvalue weighted by Crippen LogP contribution is 2.37. The summed E-state index contributed by atoms with van der Waals surface area (Å²) in [6.45, 7) is 4.84. The molecule has 0 saturated carbocycles. The maximum absolute atomic E-state index is 13.4. The topological polar surface area (TPSA) is 105 Å². The number of piperazine rings is 1. The molecule has 0 N–H and O–H groups in total. The number of carbonyl (C=O) groups is 2. The van der Waals surface area contributed by atoms with E-state index in [1.54, 1.807) is 0 Å². The van der Waals surface area contributed by atoms with Gasteiger partial charge in [0.15, 0.2) is 0 Å². The van der Waals surface area contributed by atoms with Gasteiger partial charge in [0.25, 0.3) is 22.0 Å². The van der Waals surface area contributed by atoms with Crippen LogP contribution >= 0.6 is 0 Å². The Kier molecular flexibility index (Phi) is 10.5. The minimum Gasteiger partial charge on any atom is -0.301 e. The molecule has 1 saturated heterocycles. The number of imide groups is 1. The van der Waals surface area contributed by atoms with Gasteiger partial charge in [-0.05, 0) is 50.9 Å². The van der Waals surface area contributed by atoms with Crippen molar-refractivity contribution < 1.29 is 31.2 Å². The normalized spacial score (nSPS) is 17.8. The molecular formula is C27H36F3N5O4S. The molecule has 0 aromatic heterocycles. The number of unbranched alkanes of at least 4 members (excludes halogenated alkanes) is 5. The zero-order valence-electron chi connectivity index (χ0n) is 23.1. The van der Waals surface area contributed by atoms with E-state index in [4.69, 9.17) is 5.26 Å². The number of benzene rings is 1. The van der Waals surface area contributed by atoms with Crippen LogP contribution in [0.15, 0.2) is 29.3 Å². The average Bonchev–Trinajstić information content (AvgIpc) is 3.12. The first-order valence-corrected chi connectivity index (χ1v) is 14.8. The van der Waals surface area contributed by atoms with E-state index in [1.807, 2.05) is 0 Å². The van der Waals surface area contributed by atoms with Gasteiger partial charge in [-0.2, -0.15) is 35.5 Å². The van der Waals surface area contributed by atoms with E-state index in [0.29, 0.717) is 50.7 Å². The molecule has 13 heteroatoms. The van der Waals surface area contributed by atoms with Gasteiger partial charge in [-0.3, -0.25) is 9.59 Å². The predicted octanol–water partition coefficient (Wildman–Crippen LogP) is 3.92. The van der Waals surface area contributed by atoms with Crippen LogP contribution in [0.5, 0.6) is 0 Å². The van der Waals surface area contributed by atoms with Gasteiger partial charge in [-0.15, -0.1) is 0 Å². The average molecular weight is 584 g/mol. The summed E-state index contributed by atoms with van der Waals surface area (Å²) >= 11 is 0. The lowest BCUT2D eigenvalue weighted by atomic mass is 10.0. The Labute approximate surface area is 234 Å². The van der Waals surface area contributed by atoms with Crippen molar-refractivity contribution in [3.05, 3.63) is 40.5 Å². The highest BCUT2D eigenvalue weighted by atomic mass is 32.2. The van der Waals surface area contributed by atoms with E-state index in [9.17, 15) is 31.2 Å². The summed E-state index contributed by atoms with van der Waals surface area (Å²) in [4.78, 5) is 28.7. The molecule has 0 spiro atoms. The van der Waals surface area contributed by atoms with Crippen LogP contribution < -0.4 is 4.90 Å². The number of amides is 2. The summed E-state index contributed by atoms with van der Waals surface area (Å²) in [6.07, 6.45) is 1.13. The zero-order chi connectivity index (χ0) is 29.7. The summed E-state index contributed by atoms with van der Waals surface area (Å²) in [7, 11) is -0.292. The minimum absolute atomic E-state index is 0.198. The molecule has 0 bridgehead atoms. The van der Waals surface area contributed by atoms with E-state index in [2.05, 4.69) is 4.90 Å². The van der Waals surface area contributed by atoms with Crippen LogP contribution in [0.25, 0.3) is 0 Å². The van der Waals surface area contributed by atoms with Gasteiger partial charge in [0, 0.05) is 51.4 Å². The van der Waals surface area contributed by atoms with Gasteiger partial charge in [-0.1, -0.05) is 25.7 Å². The third-order valence-corrected chi connectivity index (χ3v) is 9.34. The van der Waals surface area contributed by atoms with E-state index in [1.165, 1.54) is 41.8 Å². The molecule has 1 aromatic carbocycles. The van der Waals surface area contributed by atoms with Gasteiger partial charge < -0.3 is 4.90 Å². The molecule has 220 valence electrons. The van der Waals surface area contributed by atoms with Gasteiger partial charge in [0.05, 0.1) is 22.9 Å². The first-order valence-electron chi connectivity index (χ1n) is 13.4. The SMILES string of the molecule is CC1=C(CCCCCCCCN2CCN(S(=O)(=O)N(C)C)CC2)C(=O)N(c2ccc(C#N)c(C(F)(F)F)c2)C1=O. The first kappa shape index (κ1) is 31.7. The van der Waals surface area contributed by atoms with Gasteiger partial charge >= 0.3 is 6.18 Å². The molecule has 2 heterocycles. The number of nitriles is 1. The monoisotopic (exact) mass is 583 g/mol. The smallest absolute Gasteiger partial charge is 0.301 e. The second kappa shape index (κ2) is 13.2. The number of nitrogens with zero attached hydrogens (tertiary/aromatic N) is 5. The van der Waals surface area contributed by atoms with Crippen molar-refractivity contribution in [3.63, 3.8) is 0 Å². The predicted molar refractivity (Wildman–Crippen MR) is 144 cm³/mol. The number of alkyl halides is 3. The van der Waals surface area contributed by atoms with E-state index < -0.39 is 39.3 Å². The Morgan fingerprint density at radius 1 is 0.950 bits per heavy atom. The van der Waals surface area contributed by atoms with Crippen molar-refractivity contribution in [2.45, 2.75) is 58.0 Å². The number of hydrogen-bond acceptors (Lipinski definition) is 6. The lowest BCUT2D eigenvalue weighted by molar-refractivity contribution is -0.138. The molecular weight excluding hydrogens is 547 g/mol. The van der Waals surface area contributed by atoms with Crippen LogP contribution in [0.4, 0.5) is 18.9 Å². The van der Waals surface area contributed by atoms with Crippen LogP contribution in [0.1, 0.15) is 63.0 Å². The Balaban J connectivity index is 1.39. The van der Waals surface area contributed by atoms with Crippen LogP contribution in [-0.4, -0.2) is 80.6 Å². The van der Waals surface area contributed by atoms with Gasteiger partial charge in [0.2, 0.25) is 0 Å². The van der Waals surface area contributed by atoms with Crippen molar-refractivity contribution in [1.82, 2.24) is 13.5 Å². The molecule has 0 atom stereocenters. The van der Waals surface area contributed by atoms with E-state index in [0.717, 1.165) is 49.6 Å². The quantitative estimate of drug-likeness (QED) is 0.273. The molecule has 2 aliphatic rings. The number of hydrogen-bond donors (Lipinski definition) is 0. The highest BCUT2D eigenvalue weighted by molar-refractivity contribution is 7.86. The lowest BCUT2D eigenvalue weighted by Crippen LogP contribution is -2.51. The molecule has 9 nitrogen and oxygen atoms in total. The molecule has 0 radical (unpaired) electrons. The molecule has 2 amide bonds. The van der Waals surface area contributed by atoms with Crippen molar-refractivity contribution >= 4 is 27.7 Å². The fourth-order valence-electron chi connectivity index (χ4n) is 4.98. The Morgan fingerprint density at radius 3 is 2.12 bits per heavy atom. The van der Waals surface area contributed by atoms with Crippen molar-refractivity contribution in [3.8, 4) is 6.07 Å². The van der Waals surface area contributed by atoms with Crippen molar-refractivity contribution in [2.75, 3.05) is 51.7 Å². The maximum atomic E-state index is 13.4. The number of rotatable bonds is 12. The largest absolute Gasteiger partial charge is 0.417 e. The van der Waals surface area contributed by atoms with Crippen molar-refractivity contribution in [1.29, 1.82) is 5.26 Å². The molecule has 1 fully saturated rings. The number of anilines is 1. The summed E-state index contributed by atoms with van der Waals surface area (Å²) in [6, 6.07) is 4.33. The third-order valence-electron chi connectivity index (χ3n) is 7.40. The fraction of sp³-hybridized carbons (Fsp3) is 0.593. The summed E-state index contributed by atoms with van der Waals surface area (Å²) in [5.41, 5.74) is -1.40. The lowest BCUT2D eigenvalue weighted by Gasteiger charge is -2.35. The molecule has 40 heavy (non-hydrogen) atoms. The molecule has 0 unspecified atom stereocenters. The van der Waals surface area contributed by atoms with Crippen LogP contribution in [0.2, 0.25) is 0 Å².